The van der Waals surface area contributed by atoms with Crippen molar-refractivity contribution in [2.45, 2.75) is 26.9 Å². The lowest BCUT2D eigenvalue weighted by atomic mass is 10.1. The lowest BCUT2D eigenvalue weighted by Gasteiger charge is -2.05. The molecule has 0 N–H and O–H groups in total. The third kappa shape index (κ3) is 5.21. The van der Waals surface area contributed by atoms with Crippen LogP contribution in [0.4, 0.5) is 0 Å². The highest BCUT2D eigenvalue weighted by atomic mass is 16.5. The molecule has 0 amide bonds. The molecule has 0 atom stereocenters. The molecule has 0 saturated carbocycles. The van der Waals surface area contributed by atoms with E-state index in [1.54, 1.807) is 6.42 Å². The molecular formula is C13H17O2. The second-order valence-corrected chi connectivity index (χ2v) is 3.93. The molecule has 0 aliphatic carbocycles. The van der Waals surface area contributed by atoms with Gasteiger partial charge in [-0.1, -0.05) is 44.2 Å². The van der Waals surface area contributed by atoms with Gasteiger partial charge in [0.1, 0.15) is 6.61 Å². The molecule has 0 unspecified atom stereocenters. The average Bonchev–Trinajstić information content (AvgIpc) is 2.25. The minimum atomic E-state index is -0.229. The van der Waals surface area contributed by atoms with Crippen LogP contribution in [0.1, 0.15) is 25.8 Å². The zero-order valence-corrected chi connectivity index (χ0v) is 9.27. The van der Waals surface area contributed by atoms with E-state index in [0.29, 0.717) is 12.5 Å². The van der Waals surface area contributed by atoms with E-state index in [1.165, 1.54) is 0 Å². The number of carbonyl (C=O) groups excluding carboxylic acids is 1. The number of benzene rings is 1. The minimum absolute atomic E-state index is 0.229. The number of ether oxygens (including phenoxy) is 1. The van der Waals surface area contributed by atoms with Gasteiger partial charge in [0, 0.05) is 0 Å². The molecule has 1 rings (SSSR count). The van der Waals surface area contributed by atoms with Gasteiger partial charge < -0.3 is 4.74 Å². The van der Waals surface area contributed by atoms with E-state index >= 15 is 0 Å². The van der Waals surface area contributed by atoms with Gasteiger partial charge in [-0.25, -0.2) is 0 Å². The SMILES string of the molecule is CC(C)C[CH]C(=O)OCc1ccccc1. The van der Waals surface area contributed by atoms with Crippen LogP contribution >= 0.6 is 0 Å². The standard InChI is InChI=1S/C13H17O2/c1-11(2)8-9-13(14)15-10-12-6-4-3-5-7-12/h3-7,9,11H,8,10H2,1-2H3. The normalized spacial score (nSPS) is 10.3. The van der Waals surface area contributed by atoms with Crippen LogP contribution in [0, 0.1) is 12.3 Å². The average molecular weight is 205 g/mol. The first-order valence-electron chi connectivity index (χ1n) is 5.22. The van der Waals surface area contributed by atoms with E-state index < -0.39 is 0 Å². The Kier molecular flexibility index (Phi) is 4.88. The Labute approximate surface area is 91.3 Å². The van der Waals surface area contributed by atoms with Gasteiger partial charge in [-0.2, -0.15) is 0 Å². The first-order valence-corrected chi connectivity index (χ1v) is 5.22. The van der Waals surface area contributed by atoms with Crippen LogP contribution in [0.2, 0.25) is 0 Å². The van der Waals surface area contributed by atoms with E-state index in [-0.39, 0.29) is 5.97 Å². The zero-order valence-electron chi connectivity index (χ0n) is 9.27. The smallest absolute Gasteiger partial charge is 0.310 e. The molecule has 1 aromatic rings. The van der Waals surface area contributed by atoms with Crippen LogP contribution in [0.25, 0.3) is 0 Å². The van der Waals surface area contributed by atoms with Crippen molar-refractivity contribution in [3.63, 3.8) is 0 Å². The fourth-order valence-corrected chi connectivity index (χ4v) is 1.12. The van der Waals surface area contributed by atoms with Crippen LogP contribution in [0.5, 0.6) is 0 Å². The summed E-state index contributed by atoms with van der Waals surface area (Å²) in [5, 5.41) is 0. The molecule has 2 heteroatoms. The van der Waals surface area contributed by atoms with Crippen molar-refractivity contribution in [1.29, 1.82) is 0 Å². The summed E-state index contributed by atoms with van der Waals surface area (Å²) in [6.07, 6.45) is 2.38. The highest BCUT2D eigenvalue weighted by molar-refractivity contribution is 5.78. The number of rotatable bonds is 5. The van der Waals surface area contributed by atoms with Crippen LogP contribution < -0.4 is 0 Å². The molecular weight excluding hydrogens is 188 g/mol. The Morgan fingerprint density at radius 1 is 1.33 bits per heavy atom. The molecule has 81 valence electrons. The predicted molar refractivity (Wildman–Crippen MR) is 60.0 cm³/mol. The van der Waals surface area contributed by atoms with Crippen LogP contribution in [0.15, 0.2) is 30.3 Å². The maximum Gasteiger partial charge on any atom is 0.310 e. The molecule has 0 fully saturated rings. The number of hydrogen-bond donors (Lipinski definition) is 0. The number of esters is 1. The molecule has 0 aromatic heterocycles. The predicted octanol–water partition coefficient (Wildman–Crippen LogP) is 2.98. The molecule has 0 heterocycles. The van der Waals surface area contributed by atoms with Crippen molar-refractivity contribution >= 4 is 5.97 Å². The molecule has 0 aliphatic heterocycles. The summed E-state index contributed by atoms with van der Waals surface area (Å²) < 4.78 is 5.08. The highest BCUT2D eigenvalue weighted by Gasteiger charge is 2.05. The van der Waals surface area contributed by atoms with Gasteiger partial charge in [0.25, 0.3) is 0 Å². The second kappa shape index (κ2) is 6.23. The van der Waals surface area contributed by atoms with Crippen molar-refractivity contribution in [3.8, 4) is 0 Å². The Morgan fingerprint density at radius 2 is 2.00 bits per heavy atom. The largest absolute Gasteiger partial charge is 0.461 e. The van der Waals surface area contributed by atoms with Gasteiger partial charge >= 0.3 is 5.97 Å². The van der Waals surface area contributed by atoms with Gasteiger partial charge in [0.2, 0.25) is 0 Å². The van der Waals surface area contributed by atoms with E-state index in [4.69, 9.17) is 4.74 Å². The van der Waals surface area contributed by atoms with Crippen LogP contribution in [-0.2, 0) is 16.1 Å². The molecule has 2 nitrogen and oxygen atoms in total. The van der Waals surface area contributed by atoms with Crippen LogP contribution in [0.3, 0.4) is 0 Å². The third-order valence-corrected chi connectivity index (χ3v) is 1.98. The second-order valence-electron chi connectivity index (χ2n) is 3.93. The molecule has 0 aliphatic rings. The summed E-state index contributed by atoms with van der Waals surface area (Å²) >= 11 is 0. The summed E-state index contributed by atoms with van der Waals surface area (Å²) in [6.45, 7) is 4.50. The van der Waals surface area contributed by atoms with Gasteiger partial charge in [-0.05, 0) is 17.9 Å². The lowest BCUT2D eigenvalue weighted by molar-refractivity contribution is -0.141. The number of hydrogen-bond acceptors (Lipinski definition) is 2. The van der Waals surface area contributed by atoms with Crippen LogP contribution in [-0.4, -0.2) is 5.97 Å². The lowest BCUT2D eigenvalue weighted by Crippen LogP contribution is -2.06. The van der Waals surface area contributed by atoms with E-state index in [1.807, 2.05) is 30.3 Å². The Hall–Kier alpha value is -1.31. The molecule has 0 spiro atoms. The molecule has 1 radical (unpaired) electrons. The van der Waals surface area contributed by atoms with Gasteiger partial charge in [-0.15, -0.1) is 0 Å². The van der Waals surface area contributed by atoms with Crippen molar-refractivity contribution in [1.82, 2.24) is 0 Å². The fourth-order valence-electron chi connectivity index (χ4n) is 1.12. The van der Waals surface area contributed by atoms with Crippen molar-refractivity contribution in [3.05, 3.63) is 42.3 Å². The molecule has 15 heavy (non-hydrogen) atoms. The summed E-state index contributed by atoms with van der Waals surface area (Å²) in [7, 11) is 0. The monoisotopic (exact) mass is 205 g/mol. The Balaban J connectivity index is 2.23. The van der Waals surface area contributed by atoms with E-state index in [2.05, 4.69) is 13.8 Å². The maximum atomic E-state index is 11.2. The molecule has 0 saturated heterocycles. The van der Waals surface area contributed by atoms with Crippen molar-refractivity contribution in [2.24, 2.45) is 5.92 Å². The topological polar surface area (TPSA) is 26.3 Å². The van der Waals surface area contributed by atoms with Crippen molar-refractivity contribution in [2.75, 3.05) is 0 Å². The first-order chi connectivity index (χ1) is 7.18. The zero-order chi connectivity index (χ0) is 11.1. The summed E-state index contributed by atoms with van der Waals surface area (Å²) in [4.78, 5) is 11.2. The quantitative estimate of drug-likeness (QED) is 0.691. The van der Waals surface area contributed by atoms with Gasteiger partial charge in [0.05, 0.1) is 6.42 Å². The van der Waals surface area contributed by atoms with E-state index in [9.17, 15) is 4.79 Å². The molecule has 0 bridgehead atoms. The minimum Gasteiger partial charge on any atom is -0.461 e. The molecule has 1 aromatic carbocycles. The first kappa shape index (κ1) is 11.8. The van der Waals surface area contributed by atoms with E-state index in [0.717, 1.165) is 12.0 Å². The maximum absolute atomic E-state index is 11.2. The van der Waals surface area contributed by atoms with Gasteiger partial charge in [0.15, 0.2) is 0 Å². The number of carbonyl (C=O) groups is 1. The Bertz CT molecular complexity index is 291. The Morgan fingerprint density at radius 3 is 2.60 bits per heavy atom. The fraction of sp³-hybridized carbons (Fsp3) is 0.385. The van der Waals surface area contributed by atoms with Crippen molar-refractivity contribution < 1.29 is 9.53 Å². The third-order valence-electron chi connectivity index (χ3n) is 1.98. The summed E-state index contributed by atoms with van der Waals surface area (Å²) in [5.41, 5.74) is 1.02. The highest BCUT2D eigenvalue weighted by Crippen LogP contribution is 2.05. The summed E-state index contributed by atoms with van der Waals surface area (Å²) in [6, 6.07) is 9.68. The summed E-state index contributed by atoms with van der Waals surface area (Å²) in [5.74, 6) is 0.266. The van der Waals surface area contributed by atoms with Gasteiger partial charge in [-0.3, -0.25) is 4.79 Å².